The van der Waals surface area contributed by atoms with Gasteiger partial charge in [-0.3, -0.25) is 0 Å². The first-order chi connectivity index (χ1) is 5.39. The Morgan fingerprint density at radius 3 is 2.17 bits per heavy atom. The molecule has 0 N–H and O–H groups in total. The van der Waals surface area contributed by atoms with Gasteiger partial charge < -0.3 is 0 Å². The van der Waals surface area contributed by atoms with Gasteiger partial charge in [-0.1, -0.05) is 27.7 Å². The second kappa shape index (κ2) is 1.92. The maximum Gasteiger partial charge on any atom is 0.0552 e. The summed E-state index contributed by atoms with van der Waals surface area (Å²) < 4.78 is 4.41. The van der Waals surface area contributed by atoms with Crippen LogP contribution in [0.1, 0.15) is 43.8 Å². The van der Waals surface area contributed by atoms with Crippen molar-refractivity contribution >= 4 is 11.5 Å². The van der Waals surface area contributed by atoms with E-state index in [-0.39, 0.29) is 0 Å². The van der Waals surface area contributed by atoms with Crippen LogP contribution in [0.2, 0.25) is 0 Å². The quantitative estimate of drug-likeness (QED) is 0.599. The summed E-state index contributed by atoms with van der Waals surface area (Å²) >= 11 is 1.68. The molecule has 1 heterocycles. The van der Waals surface area contributed by atoms with Gasteiger partial charge in [0.25, 0.3) is 0 Å². The molecule has 12 heavy (non-hydrogen) atoms. The Morgan fingerprint density at radius 1 is 1.08 bits per heavy atom. The molecular formula is C10H15NS. The molecule has 1 aromatic rings. The highest BCUT2D eigenvalue weighted by Gasteiger charge is 2.54. The van der Waals surface area contributed by atoms with E-state index in [9.17, 15) is 0 Å². The van der Waals surface area contributed by atoms with Crippen molar-refractivity contribution in [1.82, 2.24) is 4.37 Å². The first-order valence-corrected chi connectivity index (χ1v) is 5.13. The Balaban J connectivity index is 2.67. The number of nitrogens with zero attached hydrogens (tertiary/aromatic N) is 1. The van der Waals surface area contributed by atoms with E-state index >= 15 is 0 Å². The molecule has 1 nitrogen and oxygen atoms in total. The van der Waals surface area contributed by atoms with Gasteiger partial charge in [-0.25, -0.2) is 0 Å². The monoisotopic (exact) mass is 181 g/mol. The number of rotatable bonds is 0. The van der Waals surface area contributed by atoms with Crippen molar-refractivity contribution < 1.29 is 0 Å². The summed E-state index contributed by atoms with van der Waals surface area (Å²) in [5.41, 5.74) is 3.38. The number of fused-ring (bicyclic) bond motifs is 1. The minimum atomic E-state index is 0.319. The third-order valence-corrected chi connectivity index (χ3v) is 4.88. The van der Waals surface area contributed by atoms with Crippen LogP contribution in [0.3, 0.4) is 0 Å². The molecule has 0 unspecified atom stereocenters. The van der Waals surface area contributed by atoms with Crippen molar-refractivity contribution in [2.45, 2.75) is 45.4 Å². The van der Waals surface area contributed by atoms with E-state index in [0.29, 0.717) is 10.8 Å². The fourth-order valence-corrected chi connectivity index (χ4v) is 3.36. The lowest BCUT2D eigenvalue weighted by molar-refractivity contribution is 0.249. The standard InChI is InChI=1S/C10H15NS/c1-6-7-8(12-11-6)10(4,5)9(7,2)3/h1-5H3. The largest absolute Gasteiger partial charge is 0.197 e. The van der Waals surface area contributed by atoms with E-state index in [4.69, 9.17) is 0 Å². The molecule has 0 aliphatic heterocycles. The van der Waals surface area contributed by atoms with Crippen molar-refractivity contribution in [3.05, 3.63) is 16.1 Å². The fourth-order valence-electron chi connectivity index (χ4n) is 2.07. The molecule has 0 saturated carbocycles. The van der Waals surface area contributed by atoms with Crippen LogP contribution in [0.5, 0.6) is 0 Å². The Morgan fingerprint density at radius 2 is 1.67 bits per heavy atom. The number of aryl methyl sites for hydroxylation is 1. The zero-order valence-electron chi connectivity index (χ0n) is 8.36. The molecule has 0 bridgehead atoms. The van der Waals surface area contributed by atoms with E-state index in [1.54, 1.807) is 11.5 Å². The van der Waals surface area contributed by atoms with Gasteiger partial charge in [0, 0.05) is 15.7 Å². The predicted molar refractivity (Wildman–Crippen MR) is 52.9 cm³/mol. The van der Waals surface area contributed by atoms with Crippen molar-refractivity contribution in [3.63, 3.8) is 0 Å². The molecule has 1 aliphatic rings. The molecule has 0 amide bonds. The van der Waals surface area contributed by atoms with E-state index in [2.05, 4.69) is 39.0 Å². The second-order valence-electron chi connectivity index (χ2n) is 4.72. The Hall–Kier alpha value is -0.370. The van der Waals surface area contributed by atoms with Gasteiger partial charge in [0.05, 0.1) is 5.69 Å². The average Bonchev–Trinajstić information content (AvgIpc) is 2.30. The molecule has 1 aromatic heterocycles. The summed E-state index contributed by atoms with van der Waals surface area (Å²) in [7, 11) is 0. The molecule has 2 rings (SSSR count). The second-order valence-corrected chi connectivity index (χ2v) is 5.50. The summed E-state index contributed by atoms with van der Waals surface area (Å²) in [6.45, 7) is 11.4. The van der Waals surface area contributed by atoms with Crippen LogP contribution in [0.25, 0.3) is 0 Å². The summed E-state index contributed by atoms with van der Waals surface area (Å²) in [5, 5.41) is 0. The lowest BCUT2D eigenvalue weighted by atomic mass is 9.53. The Bertz CT molecular complexity index is 334. The number of aromatic nitrogens is 1. The SMILES string of the molecule is Cc1nsc2c1C(C)(C)C2(C)C. The molecule has 2 heteroatoms. The Labute approximate surface area is 78.0 Å². The molecule has 0 fully saturated rings. The number of hydrogen-bond donors (Lipinski definition) is 0. The first kappa shape index (κ1) is 8.24. The predicted octanol–water partition coefficient (Wildman–Crippen LogP) is 3.02. The first-order valence-electron chi connectivity index (χ1n) is 4.36. The van der Waals surface area contributed by atoms with Gasteiger partial charge in [-0.2, -0.15) is 4.37 Å². The van der Waals surface area contributed by atoms with Crippen molar-refractivity contribution in [3.8, 4) is 0 Å². The topological polar surface area (TPSA) is 12.9 Å². The maximum atomic E-state index is 4.41. The highest BCUT2D eigenvalue weighted by molar-refractivity contribution is 7.06. The molecule has 0 atom stereocenters. The van der Waals surface area contributed by atoms with Gasteiger partial charge in [0.2, 0.25) is 0 Å². The molecule has 0 radical (unpaired) electrons. The van der Waals surface area contributed by atoms with E-state index in [0.717, 1.165) is 0 Å². The minimum Gasteiger partial charge on any atom is -0.197 e. The molecule has 0 aromatic carbocycles. The lowest BCUT2D eigenvalue weighted by Crippen LogP contribution is -2.49. The number of hydrogen-bond acceptors (Lipinski definition) is 2. The van der Waals surface area contributed by atoms with Crippen LogP contribution in [0, 0.1) is 6.92 Å². The van der Waals surface area contributed by atoms with E-state index in [1.807, 2.05) is 0 Å². The highest BCUT2D eigenvalue weighted by atomic mass is 32.1. The average molecular weight is 181 g/mol. The normalized spacial score (nSPS) is 23.1. The lowest BCUT2D eigenvalue weighted by Gasteiger charge is -2.51. The van der Waals surface area contributed by atoms with Crippen molar-refractivity contribution in [2.24, 2.45) is 0 Å². The highest BCUT2D eigenvalue weighted by Crippen LogP contribution is 2.58. The van der Waals surface area contributed by atoms with Gasteiger partial charge in [0.1, 0.15) is 0 Å². The van der Waals surface area contributed by atoms with Crippen LogP contribution >= 0.6 is 11.5 Å². The van der Waals surface area contributed by atoms with Gasteiger partial charge in [0.15, 0.2) is 0 Å². The third-order valence-electron chi connectivity index (χ3n) is 3.62. The van der Waals surface area contributed by atoms with E-state index < -0.39 is 0 Å². The summed E-state index contributed by atoms with van der Waals surface area (Å²) in [5.74, 6) is 0. The van der Waals surface area contributed by atoms with Crippen LogP contribution in [0.4, 0.5) is 0 Å². The van der Waals surface area contributed by atoms with Crippen LogP contribution in [-0.2, 0) is 10.8 Å². The van der Waals surface area contributed by atoms with Gasteiger partial charge in [-0.15, -0.1) is 0 Å². The molecule has 66 valence electrons. The molecule has 1 aliphatic carbocycles. The minimum absolute atomic E-state index is 0.319. The Kier molecular flexibility index (Phi) is 1.32. The van der Waals surface area contributed by atoms with Crippen LogP contribution in [0.15, 0.2) is 0 Å². The maximum absolute atomic E-state index is 4.41. The van der Waals surface area contributed by atoms with Crippen molar-refractivity contribution in [1.29, 1.82) is 0 Å². The van der Waals surface area contributed by atoms with Crippen LogP contribution < -0.4 is 0 Å². The van der Waals surface area contributed by atoms with Crippen molar-refractivity contribution in [2.75, 3.05) is 0 Å². The van der Waals surface area contributed by atoms with Gasteiger partial charge >= 0.3 is 0 Å². The summed E-state index contributed by atoms with van der Waals surface area (Å²) in [4.78, 5) is 1.49. The smallest absolute Gasteiger partial charge is 0.0552 e. The zero-order chi connectivity index (χ0) is 9.15. The van der Waals surface area contributed by atoms with Gasteiger partial charge in [-0.05, 0) is 24.0 Å². The van der Waals surface area contributed by atoms with E-state index in [1.165, 1.54) is 16.1 Å². The summed E-state index contributed by atoms with van der Waals surface area (Å²) in [6, 6.07) is 0. The van der Waals surface area contributed by atoms with Crippen LogP contribution in [-0.4, -0.2) is 4.37 Å². The molecule has 0 spiro atoms. The summed E-state index contributed by atoms with van der Waals surface area (Å²) in [6.07, 6.45) is 0. The third kappa shape index (κ3) is 0.634. The molecular weight excluding hydrogens is 166 g/mol. The fraction of sp³-hybridized carbons (Fsp3) is 0.700. The zero-order valence-corrected chi connectivity index (χ0v) is 9.17. The molecule has 0 saturated heterocycles.